The highest BCUT2D eigenvalue weighted by molar-refractivity contribution is 5.69. The maximum absolute atomic E-state index is 11.4. The fourth-order valence-electron chi connectivity index (χ4n) is 1.61. The van der Waals surface area contributed by atoms with Crippen molar-refractivity contribution in [3.63, 3.8) is 0 Å². The molecule has 0 spiro atoms. The summed E-state index contributed by atoms with van der Waals surface area (Å²) < 4.78 is 10.5. The number of rotatable bonds is 8. The van der Waals surface area contributed by atoms with Gasteiger partial charge in [-0.15, -0.1) is 0 Å². The SMILES string of the molecule is CC(C)CCCOC(=O)CCOc1cccc(N)c1. The summed E-state index contributed by atoms with van der Waals surface area (Å²) >= 11 is 0. The lowest BCUT2D eigenvalue weighted by molar-refractivity contribution is -0.144. The van der Waals surface area contributed by atoms with E-state index in [1.54, 1.807) is 12.1 Å². The molecule has 0 aliphatic heterocycles. The fourth-order valence-corrected chi connectivity index (χ4v) is 1.61. The monoisotopic (exact) mass is 265 g/mol. The highest BCUT2D eigenvalue weighted by Gasteiger charge is 2.04. The minimum absolute atomic E-state index is 0.215. The van der Waals surface area contributed by atoms with E-state index in [1.807, 2.05) is 12.1 Å². The quantitative estimate of drug-likeness (QED) is 0.446. The van der Waals surface area contributed by atoms with Crippen molar-refractivity contribution in [1.29, 1.82) is 0 Å². The molecule has 0 bridgehead atoms. The van der Waals surface area contributed by atoms with Crippen molar-refractivity contribution in [2.24, 2.45) is 5.92 Å². The predicted molar refractivity (Wildman–Crippen MR) is 76.0 cm³/mol. The molecule has 0 atom stereocenters. The van der Waals surface area contributed by atoms with Gasteiger partial charge in [0.2, 0.25) is 0 Å². The summed E-state index contributed by atoms with van der Waals surface area (Å²) in [7, 11) is 0. The first-order chi connectivity index (χ1) is 9.08. The van der Waals surface area contributed by atoms with Gasteiger partial charge in [0.25, 0.3) is 0 Å². The third-order valence-corrected chi connectivity index (χ3v) is 2.62. The van der Waals surface area contributed by atoms with E-state index in [9.17, 15) is 4.79 Å². The van der Waals surface area contributed by atoms with Crippen molar-refractivity contribution in [2.45, 2.75) is 33.1 Å². The van der Waals surface area contributed by atoms with Crippen LogP contribution in [0.25, 0.3) is 0 Å². The molecule has 4 heteroatoms. The third kappa shape index (κ3) is 7.34. The highest BCUT2D eigenvalue weighted by atomic mass is 16.5. The van der Waals surface area contributed by atoms with Gasteiger partial charge >= 0.3 is 5.97 Å². The van der Waals surface area contributed by atoms with Crippen LogP contribution in [0.1, 0.15) is 33.1 Å². The molecular formula is C15H23NO3. The van der Waals surface area contributed by atoms with Crippen molar-refractivity contribution >= 4 is 11.7 Å². The molecule has 0 radical (unpaired) electrons. The van der Waals surface area contributed by atoms with Gasteiger partial charge in [-0.05, 0) is 30.9 Å². The summed E-state index contributed by atoms with van der Waals surface area (Å²) in [6.45, 7) is 5.12. The normalized spacial score (nSPS) is 10.5. The Bertz CT molecular complexity index is 391. The second kappa shape index (κ2) is 8.40. The third-order valence-electron chi connectivity index (χ3n) is 2.62. The molecule has 2 N–H and O–H groups in total. The number of esters is 1. The van der Waals surface area contributed by atoms with Gasteiger partial charge < -0.3 is 15.2 Å². The Morgan fingerprint density at radius 1 is 1.32 bits per heavy atom. The van der Waals surface area contributed by atoms with Gasteiger partial charge in [0, 0.05) is 11.8 Å². The van der Waals surface area contributed by atoms with Gasteiger partial charge in [-0.3, -0.25) is 4.79 Å². The molecule has 0 unspecified atom stereocenters. The Morgan fingerprint density at radius 2 is 2.11 bits per heavy atom. The molecule has 0 saturated carbocycles. The van der Waals surface area contributed by atoms with Crippen LogP contribution in [0.2, 0.25) is 0 Å². The molecule has 0 amide bonds. The van der Waals surface area contributed by atoms with Crippen LogP contribution in [0.5, 0.6) is 5.75 Å². The topological polar surface area (TPSA) is 61.5 Å². The number of nitrogens with two attached hydrogens (primary N) is 1. The molecule has 0 fully saturated rings. The number of nitrogen functional groups attached to an aromatic ring is 1. The van der Waals surface area contributed by atoms with Crippen LogP contribution >= 0.6 is 0 Å². The number of hydrogen-bond acceptors (Lipinski definition) is 4. The predicted octanol–water partition coefficient (Wildman–Crippen LogP) is 3.02. The average Bonchev–Trinajstić information content (AvgIpc) is 2.34. The molecule has 1 aromatic carbocycles. The average molecular weight is 265 g/mol. The summed E-state index contributed by atoms with van der Waals surface area (Å²) in [6.07, 6.45) is 2.25. The molecular weight excluding hydrogens is 242 g/mol. The maximum atomic E-state index is 11.4. The van der Waals surface area contributed by atoms with E-state index in [4.69, 9.17) is 15.2 Å². The first-order valence-electron chi connectivity index (χ1n) is 6.72. The molecule has 0 saturated heterocycles. The Kier molecular flexibility index (Phi) is 6.79. The lowest BCUT2D eigenvalue weighted by atomic mass is 10.1. The first-order valence-corrected chi connectivity index (χ1v) is 6.72. The molecule has 106 valence electrons. The molecule has 0 heterocycles. The minimum Gasteiger partial charge on any atom is -0.493 e. The lowest BCUT2D eigenvalue weighted by Crippen LogP contribution is -2.11. The van der Waals surface area contributed by atoms with Crippen LogP contribution in [0, 0.1) is 5.92 Å². The molecule has 1 aromatic rings. The number of carbonyl (C=O) groups excluding carboxylic acids is 1. The Morgan fingerprint density at radius 3 is 2.79 bits per heavy atom. The van der Waals surface area contributed by atoms with Crippen LogP contribution in [0.15, 0.2) is 24.3 Å². The Hall–Kier alpha value is -1.71. The molecule has 19 heavy (non-hydrogen) atoms. The van der Waals surface area contributed by atoms with Crippen LogP contribution < -0.4 is 10.5 Å². The number of anilines is 1. The summed E-state index contributed by atoms with van der Waals surface area (Å²) in [6, 6.07) is 7.14. The molecule has 0 aliphatic rings. The highest BCUT2D eigenvalue weighted by Crippen LogP contribution is 2.14. The molecule has 1 rings (SSSR count). The van der Waals surface area contributed by atoms with E-state index < -0.39 is 0 Å². The van der Waals surface area contributed by atoms with Gasteiger partial charge in [-0.2, -0.15) is 0 Å². The second-order valence-corrected chi connectivity index (χ2v) is 4.93. The molecule has 4 nitrogen and oxygen atoms in total. The minimum atomic E-state index is -0.215. The van der Waals surface area contributed by atoms with Crippen molar-refractivity contribution in [2.75, 3.05) is 18.9 Å². The van der Waals surface area contributed by atoms with Crippen molar-refractivity contribution in [1.82, 2.24) is 0 Å². The van der Waals surface area contributed by atoms with E-state index >= 15 is 0 Å². The fraction of sp³-hybridized carbons (Fsp3) is 0.533. The Labute approximate surface area is 114 Å². The van der Waals surface area contributed by atoms with Crippen molar-refractivity contribution < 1.29 is 14.3 Å². The van der Waals surface area contributed by atoms with E-state index in [0.717, 1.165) is 12.8 Å². The number of hydrogen-bond donors (Lipinski definition) is 1. The number of carbonyl (C=O) groups is 1. The standard InChI is InChI=1S/C15H23NO3/c1-12(2)5-4-9-19-15(17)8-10-18-14-7-3-6-13(16)11-14/h3,6-7,11-12H,4-5,8-10,16H2,1-2H3. The summed E-state index contributed by atoms with van der Waals surface area (Å²) in [5, 5.41) is 0. The van der Waals surface area contributed by atoms with Gasteiger partial charge in [0.05, 0.1) is 19.6 Å². The van der Waals surface area contributed by atoms with E-state index in [0.29, 0.717) is 30.6 Å². The molecule has 0 aliphatic carbocycles. The van der Waals surface area contributed by atoms with Crippen molar-refractivity contribution in [3.8, 4) is 5.75 Å². The van der Waals surface area contributed by atoms with Gasteiger partial charge in [-0.25, -0.2) is 0 Å². The number of ether oxygens (including phenoxy) is 2. The van der Waals surface area contributed by atoms with Gasteiger partial charge in [0.1, 0.15) is 5.75 Å². The van der Waals surface area contributed by atoms with E-state index in [2.05, 4.69) is 13.8 Å². The zero-order valence-corrected chi connectivity index (χ0v) is 11.7. The zero-order chi connectivity index (χ0) is 14.1. The Balaban J connectivity index is 2.10. The van der Waals surface area contributed by atoms with Crippen LogP contribution in [-0.2, 0) is 9.53 Å². The lowest BCUT2D eigenvalue weighted by Gasteiger charge is -2.08. The number of benzene rings is 1. The summed E-state index contributed by atoms with van der Waals surface area (Å²) in [5.41, 5.74) is 6.27. The van der Waals surface area contributed by atoms with Gasteiger partial charge in [0.15, 0.2) is 0 Å². The largest absolute Gasteiger partial charge is 0.493 e. The smallest absolute Gasteiger partial charge is 0.309 e. The van der Waals surface area contributed by atoms with E-state index in [-0.39, 0.29) is 12.4 Å². The second-order valence-electron chi connectivity index (χ2n) is 4.93. The van der Waals surface area contributed by atoms with Crippen LogP contribution in [-0.4, -0.2) is 19.2 Å². The summed E-state index contributed by atoms with van der Waals surface area (Å²) in [5.74, 6) is 1.10. The van der Waals surface area contributed by atoms with Gasteiger partial charge in [-0.1, -0.05) is 19.9 Å². The molecule has 0 aromatic heterocycles. The first kappa shape index (κ1) is 15.3. The summed E-state index contributed by atoms with van der Waals surface area (Å²) in [4.78, 5) is 11.4. The van der Waals surface area contributed by atoms with Crippen LogP contribution in [0.4, 0.5) is 5.69 Å². The van der Waals surface area contributed by atoms with Crippen LogP contribution in [0.3, 0.4) is 0 Å². The zero-order valence-electron chi connectivity index (χ0n) is 11.7. The van der Waals surface area contributed by atoms with E-state index in [1.165, 1.54) is 0 Å². The maximum Gasteiger partial charge on any atom is 0.309 e. The van der Waals surface area contributed by atoms with Crippen molar-refractivity contribution in [3.05, 3.63) is 24.3 Å².